The van der Waals surface area contributed by atoms with E-state index in [0.29, 0.717) is 17.4 Å². The van der Waals surface area contributed by atoms with E-state index >= 15 is 0 Å². The first kappa shape index (κ1) is 17.7. The monoisotopic (exact) mass is 280 g/mol. The van der Waals surface area contributed by atoms with Crippen LogP contribution in [0.5, 0.6) is 0 Å². The molecule has 1 aliphatic rings. The normalized spacial score (nSPS) is 20.1. The molecule has 1 rings (SSSR count). The highest BCUT2D eigenvalue weighted by Crippen LogP contribution is 2.31. The van der Waals surface area contributed by atoms with E-state index in [1.165, 1.54) is 13.0 Å². The van der Waals surface area contributed by atoms with Gasteiger partial charge in [-0.2, -0.15) is 0 Å². The van der Waals surface area contributed by atoms with E-state index in [-0.39, 0.29) is 5.54 Å². The zero-order valence-corrected chi connectivity index (χ0v) is 15.0. The molecule has 0 radical (unpaired) electrons. The van der Waals surface area contributed by atoms with Crippen LogP contribution < -0.4 is 5.32 Å². The first-order valence-corrected chi connectivity index (χ1v) is 8.19. The van der Waals surface area contributed by atoms with Gasteiger partial charge < -0.3 is 5.32 Å². The Labute approximate surface area is 127 Å². The van der Waals surface area contributed by atoms with Gasteiger partial charge in [-0.15, -0.1) is 0 Å². The van der Waals surface area contributed by atoms with Crippen molar-refractivity contribution in [2.24, 2.45) is 11.3 Å². The molecule has 20 heavy (non-hydrogen) atoms. The van der Waals surface area contributed by atoms with Crippen LogP contribution in [0.4, 0.5) is 0 Å². The van der Waals surface area contributed by atoms with E-state index in [4.69, 9.17) is 0 Å². The summed E-state index contributed by atoms with van der Waals surface area (Å²) < 4.78 is 0. The molecule has 0 fully saturated rings. The van der Waals surface area contributed by atoms with Crippen molar-refractivity contribution in [1.82, 2.24) is 10.2 Å². The van der Waals surface area contributed by atoms with Crippen molar-refractivity contribution in [2.75, 3.05) is 19.6 Å². The van der Waals surface area contributed by atoms with Crippen LogP contribution in [-0.2, 0) is 0 Å². The third-order valence-corrected chi connectivity index (χ3v) is 4.28. The molecule has 2 heteroatoms. The van der Waals surface area contributed by atoms with Gasteiger partial charge in [0.15, 0.2) is 0 Å². The number of hydrogen-bond donors (Lipinski definition) is 1. The second-order valence-corrected chi connectivity index (χ2v) is 8.67. The molecule has 0 spiro atoms. The van der Waals surface area contributed by atoms with E-state index in [0.717, 1.165) is 13.1 Å². The first-order chi connectivity index (χ1) is 9.00. The van der Waals surface area contributed by atoms with Crippen molar-refractivity contribution < 1.29 is 0 Å². The Bertz CT molecular complexity index is 328. The van der Waals surface area contributed by atoms with Gasteiger partial charge in [-0.3, -0.25) is 4.90 Å². The van der Waals surface area contributed by atoms with E-state index < -0.39 is 0 Å². The number of nitrogens with one attached hydrogen (secondary N) is 1. The van der Waals surface area contributed by atoms with Gasteiger partial charge in [0.05, 0.1) is 0 Å². The van der Waals surface area contributed by atoms with Gasteiger partial charge in [0.2, 0.25) is 0 Å². The molecular formula is C18H36N2. The van der Waals surface area contributed by atoms with Gasteiger partial charge >= 0.3 is 0 Å². The fraction of sp³-hybridized carbons (Fsp3) is 0.889. The lowest BCUT2D eigenvalue weighted by molar-refractivity contribution is 0.150. The molecular weight excluding hydrogens is 244 g/mol. The molecule has 0 aliphatic carbocycles. The van der Waals surface area contributed by atoms with Gasteiger partial charge in [0, 0.05) is 31.2 Å². The molecule has 1 aliphatic heterocycles. The molecule has 118 valence electrons. The topological polar surface area (TPSA) is 15.3 Å². The minimum Gasteiger partial charge on any atom is -0.311 e. The van der Waals surface area contributed by atoms with Gasteiger partial charge in [-0.05, 0) is 38.5 Å². The Balaban J connectivity index is 2.65. The highest BCUT2D eigenvalue weighted by molar-refractivity contribution is 5.15. The zero-order chi connectivity index (χ0) is 15.6. The van der Waals surface area contributed by atoms with Crippen LogP contribution in [0, 0.1) is 11.3 Å². The molecule has 0 amide bonds. The number of nitrogens with zero attached hydrogens (tertiary/aromatic N) is 1. The maximum absolute atomic E-state index is 3.68. The molecule has 1 unspecified atom stereocenters. The van der Waals surface area contributed by atoms with Crippen LogP contribution in [0.1, 0.15) is 61.8 Å². The molecule has 1 atom stereocenters. The standard InChI is InChI=1S/C18H36N2/c1-14(2)16(13-19-18(6,7)8)20-11-9-15(10-12-20)17(3,4)5/h9,14,16,19H,10-13H2,1-8H3. The summed E-state index contributed by atoms with van der Waals surface area (Å²) in [6, 6.07) is 0.631. The van der Waals surface area contributed by atoms with Gasteiger partial charge in [-0.1, -0.05) is 46.3 Å². The Kier molecular flexibility index (Phi) is 5.86. The molecule has 1 heterocycles. The minimum absolute atomic E-state index is 0.204. The quantitative estimate of drug-likeness (QED) is 0.781. The average Bonchev–Trinajstić information content (AvgIpc) is 2.26. The van der Waals surface area contributed by atoms with Crippen molar-refractivity contribution in [3.05, 3.63) is 11.6 Å². The lowest BCUT2D eigenvalue weighted by atomic mass is 9.82. The first-order valence-electron chi connectivity index (χ1n) is 8.19. The molecule has 0 aromatic heterocycles. The summed E-state index contributed by atoms with van der Waals surface area (Å²) in [5.74, 6) is 0.689. The fourth-order valence-electron chi connectivity index (χ4n) is 2.86. The lowest BCUT2D eigenvalue weighted by Crippen LogP contribution is -2.51. The minimum atomic E-state index is 0.204. The molecule has 0 saturated carbocycles. The van der Waals surface area contributed by atoms with Crippen LogP contribution >= 0.6 is 0 Å². The van der Waals surface area contributed by atoms with Crippen LogP contribution in [0.25, 0.3) is 0 Å². The maximum Gasteiger partial charge on any atom is 0.0247 e. The summed E-state index contributed by atoms with van der Waals surface area (Å²) in [6.07, 6.45) is 3.69. The van der Waals surface area contributed by atoms with Crippen molar-refractivity contribution in [3.63, 3.8) is 0 Å². The van der Waals surface area contributed by atoms with E-state index in [1.54, 1.807) is 5.57 Å². The van der Waals surface area contributed by atoms with Gasteiger partial charge in [-0.25, -0.2) is 0 Å². The van der Waals surface area contributed by atoms with Crippen molar-refractivity contribution in [1.29, 1.82) is 0 Å². The van der Waals surface area contributed by atoms with E-state index in [2.05, 4.69) is 71.7 Å². The van der Waals surface area contributed by atoms with Crippen molar-refractivity contribution >= 4 is 0 Å². The summed E-state index contributed by atoms with van der Waals surface area (Å²) in [5, 5.41) is 3.68. The number of rotatable bonds is 4. The Hall–Kier alpha value is -0.340. The smallest absolute Gasteiger partial charge is 0.0247 e. The fourth-order valence-corrected chi connectivity index (χ4v) is 2.86. The van der Waals surface area contributed by atoms with Crippen molar-refractivity contribution in [3.8, 4) is 0 Å². The van der Waals surface area contributed by atoms with Crippen LogP contribution in [0.15, 0.2) is 11.6 Å². The molecule has 0 aromatic carbocycles. The van der Waals surface area contributed by atoms with Crippen LogP contribution in [0.2, 0.25) is 0 Å². The van der Waals surface area contributed by atoms with Gasteiger partial charge in [0.25, 0.3) is 0 Å². The SMILES string of the molecule is CC(C)C(CNC(C)(C)C)N1CC=C(C(C)(C)C)CC1. The van der Waals surface area contributed by atoms with Crippen LogP contribution in [-0.4, -0.2) is 36.1 Å². The summed E-state index contributed by atoms with van der Waals surface area (Å²) in [6.45, 7) is 21.8. The van der Waals surface area contributed by atoms with Gasteiger partial charge in [0.1, 0.15) is 0 Å². The predicted molar refractivity (Wildman–Crippen MR) is 90.1 cm³/mol. The zero-order valence-electron chi connectivity index (χ0n) is 15.0. The van der Waals surface area contributed by atoms with Crippen LogP contribution in [0.3, 0.4) is 0 Å². The molecule has 0 saturated heterocycles. The third kappa shape index (κ3) is 5.57. The Morgan fingerprint density at radius 3 is 2.10 bits per heavy atom. The van der Waals surface area contributed by atoms with Crippen molar-refractivity contribution in [2.45, 2.75) is 73.4 Å². The highest BCUT2D eigenvalue weighted by atomic mass is 15.2. The summed E-state index contributed by atoms with van der Waals surface area (Å²) >= 11 is 0. The second kappa shape index (κ2) is 6.62. The largest absolute Gasteiger partial charge is 0.311 e. The summed E-state index contributed by atoms with van der Waals surface area (Å²) in [7, 11) is 0. The summed E-state index contributed by atoms with van der Waals surface area (Å²) in [5.41, 5.74) is 2.17. The van der Waals surface area contributed by atoms with E-state index in [1.807, 2.05) is 0 Å². The number of hydrogen-bond acceptors (Lipinski definition) is 2. The molecule has 0 aromatic rings. The Morgan fingerprint density at radius 1 is 1.15 bits per heavy atom. The predicted octanol–water partition coefficient (Wildman–Crippen LogP) is 4.08. The Morgan fingerprint density at radius 2 is 1.75 bits per heavy atom. The maximum atomic E-state index is 3.68. The summed E-state index contributed by atoms with van der Waals surface area (Å²) in [4.78, 5) is 2.65. The third-order valence-electron chi connectivity index (χ3n) is 4.28. The molecule has 0 bridgehead atoms. The van der Waals surface area contributed by atoms with E-state index in [9.17, 15) is 0 Å². The average molecular weight is 281 g/mol. The highest BCUT2D eigenvalue weighted by Gasteiger charge is 2.27. The lowest BCUT2D eigenvalue weighted by Gasteiger charge is -2.40. The molecule has 1 N–H and O–H groups in total. The molecule has 2 nitrogen and oxygen atoms in total. The second-order valence-electron chi connectivity index (χ2n) is 8.67.